The molecule has 1 atom stereocenters. The maximum atomic E-state index is 11.6. The summed E-state index contributed by atoms with van der Waals surface area (Å²) in [5.74, 6) is 0.440. The number of carbonyl (C=O) groups is 1. The molecule has 1 aromatic carbocycles. The summed E-state index contributed by atoms with van der Waals surface area (Å²) in [4.78, 5) is 11.6. The summed E-state index contributed by atoms with van der Waals surface area (Å²) in [6.07, 6.45) is 2.21. The molecule has 3 N–H and O–H groups in total. The number of rotatable bonds is 6. The van der Waals surface area contributed by atoms with Crippen molar-refractivity contribution in [2.24, 2.45) is 5.73 Å². The van der Waals surface area contributed by atoms with Crippen LogP contribution in [0.3, 0.4) is 0 Å². The van der Waals surface area contributed by atoms with E-state index >= 15 is 0 Å². The average Bonchev–Trinajstić information content (AvgIpc) is 3.15. The van der Waals surface area contributed by atoms with Crippen molar-refractivity contribution in [3.8, 4) is 5.75 Å². The van der Waals surface area contributed by atoms with Gasteiger partial charge in [0.15, 0.2) is 0 Å². The van der Waals surface area contributed by atoms with E-state index in [0.717, 1.165) is 24.2 Å². The van der Waals surface area contributed by atoms with Crippen molar-refractivity contribution in [1.82, 2.24) is 5.32 Å². The van der Waals surface area contributed by atoms with Crippen LogP contribution in [0.1, 0.15) is 30.9 Å². The van der Waals surface area contributed by atoms with Crippen LogP contribution < -0.4 is 15.8 Å². The van der Waals surface area contributed by atoms with E-state index in [1.165, 1.54) is 5.56 Å². The Bertz CT molecular complexity index is 483. The molecular formula is C15H22N2O2. The van der Waals surface area contributed by atoms with Crippen LogP contribution >= 0.6 is 0 Å². The third kappa shape index (κ3) is 3.26. The SMILES string of the molecule is Cc1cccc(OCC(C)(NC2CC2)C(N)=O)c1C. The highest BCUT2D eigenvalue weighted by molar-refractivity contribution is 5.84. The Morgan fingerprint density at radius 2 is 2.16 bits per heavy atom. The summed E-state index contributed by atoms with van der Waals surface area (Å²) >= 11 is 0. The van der Waals surface area contributed by atoms with Crippen molar-refractivity contribution < 1.29 is 9.53 Å². The molecule has 0 heterocycles. The van der Waals surface area contributed by atoms with E-state index < -0.39 is 5.54 Å². The predicted molar refractivity (Wildman–Crippen MR) is 75.2 cm³/mol. The molecule has 1 unspecified atom stereocenters. The van der Waals surface area contributed by atoms with Crippen LogP contribution in [0.25, 0.3) is 0 Å². The molecule has 0 bridgehead atoms. The third-order valence-corrected chi connectivity index (χ3v) is 3.72. The molecule has 0 radical (unpaired) electrons. The second kappa shape index (κ2) is 5.21. The van der Waals surface area contributed by atoms with Gasteiger partial charge in [-0.3, -0.25) is 10.1 Å². The predicted octanol–water partition coefficient (Wildman–Crippen LogP) is 1.68. The Morgan fingerprint density at radius 3 is 2.74 bits per heavy atom. The van der Waals surface area contributed by atoms with Crippen molar-refractivity contribution in [3.63, 3.8) is 0 Å². The van der Waals surface area contributed by atoms with E-state index in [2.05, 4.69) is 5.32 Å². The van der Waals surface area contributed by atoms with E-state index in [-0.39, 0.29) is 12.5 Å². The van der Waals surface area contributed by atoms with Crippen LogP contribution in [0, 0.1) is 13.8 Å². The van der Waals surface area contributed by atoms with E-state index in [4.69, 9.17) is 10.5 Å². The molecule has 0 saturated heterocycles. The fourth-order valence-corrected chi connectivity index (χ4v) is 1.96. The van der Waals surface area contributed by atoms with Gasteiger partial charge in [0.05, 0.1) is 0 Å². The van der Waals surface area contributed by atoms with Crippen LogP contribution in [-0.4, -0.2) is 24.1 Å². The smallest absolute Gasteiger partial charge is 0.240 e. The Balaban J connectivity index is 2.05. The van der Waals surface area contributed by atoms with Crippen molar-refractivity contribution >= 4 is 5.91 Å². The zero-order valence-electron chi connectivity index (χ0n) is 11.8. The molecule has 0 spiro atoms. The van der Waals surface area contributed by atoms with Gasteiger partial charge in [-0.05, 0) is 50.8 Å². The summed E-state index contributed by atoms with van der Waals surface area (Å²) in [7, 11) is 0. The normalized spacial score (nSPS) is 17.8. The Hall–Kier alpha value is -1.55. The minimum Gasteiger partial charge on any atom is -0.491 e. The average molecular weight is 262 g/mol. The molecule has 0 aromatic heterocycles. The number of nitrogens with one attached hydrogen (secondary N) is 1. The third-order valence-electron chi connectivity index (χ3n) is 3.72. The van der Waals surface area contributed by atoms with Crippen LogP contribution in [0.5, 0.6) is 5.75 Å². The molecule has 1 aliphatic rings. The van der Waals surface area contributed by atoms with Gasteiger partial charge in [-0.25, -0.2) is 0 Å². The molecule has 4 nitrogen and oxygen atoms in total. The van der Waals surface area contributed by atoms with Crippen LogP contribution in [0.15, 0.2) is 18.2 Å². The molecule has 1 saturated carbocycles. The number of amides is 1. The quantitative estimate of drug-likeness (QED) is 0.819. The van der Waals surface area contributed by atoms with Gasteiger partial charge in [-0.2, -0.15) is 0 Å². The van der Waals surface area contributed by atoms with Crippen molar-refractivity contribution in [2.75, 3.05) is 6.61 Å². The fraction of sp³-hybridized carbons (Fsp3) is 0.533. The molecule has 1 aromatic rings. The molecule has 1 amide bonds. The number of primary amides is 1. The molecule has 0 aliphatic heterocycles. The lowest BCUT2D eigenvalue weighted by atomic mass is 10.0. The highest BCUT2D eigenvalue weighted by atomic mass is 16.5. The Morgan fingerprint density at radius 1 is 1.47 bits per heavy atom. The van der Waals surface area contributed by atoms with Crippen LogP contribution in [-0.2, 0) is 4.79 Å². The topological polar surface area (TPSA) is 64.3 Å². The number of ether oxygens (including phenoxy) is 1. The zero-order chi connectivity index (χ0) is 14.0. The first kappa shape index (κ1) is 13.9. The standard InChI is InChI=1S/C15H22N2O2/c1-10-5-4-6-13(11(10)2)19-9-15(3,14(16)18)17-12-7-8-12/h4-6,12,17H,7-9H2,1-3H3,(H2,16,18). The molecular weight excluding hydrogens is 240 g/mol. The lowest BCUT2D eigenvalue weighted by Crippen LogP contribution is -2.57. The molecule has 104 valence electrons. The Kier molecular flexibility index (Phi) is 3.80. The van der Waals surface area contributed by atoms with Crippen LogP contribution in [0.4, 0.5) is 0 Å². The van der Waals surface area contributed by atoms with Crippen molar-refractivity contribution in [2.45, 2.75) is 45.2 Å². The number of benzene rings is 1. The first-order valence-electron chi connectivity index (χ1n) is 6.69. The minimum atomic E-state index is -0.808. The molecule has 4 heteroatoms. The zero-order valence-corrected chi connectivity index (χ0v) is 11.8. The summed E-state index contributed by atoms with van der Waals surface area (Å²) < 4.78 is 5.81. The first-order chi connectivity index (χ1) is 8.92. The maximum Gasteiger partial charge on any atom is 0.240 e. The van der Waals surface area contributed by atoms with E-state index in [9.17, 15) is 4.79 Å². The Labute approximate surface area is 114 Å². The fourth-order valence-electron chi connectivity index (χ4n) is 1.96. The highest BCUT2D eigenvalue weighted by Crippen LogP contribution is 2.25. The lowest BCUT2D eigenvalue weighted by molar-refractivity contribution is -0.125. The molecule has 1 fully saturated rings. The summed E-state index contributed by atoms with van der Waals surface area (Å²) in [5, 5.41) is 3.27. The molecule has 1 aliphatic carbocycles. The van der Waals surface area contributed by atoms with Crippen molar-refractivity contribution in [1.29, 1.82) is 0 Å². The van der Waals surface area contributed by atoms with Gasteiger partial charge in [0.1, 0.15) is 17.9 Å². The summed E-state index contributed by atoms with van der Waals surface area (Å²) in [5.41, 5.74) is 6.96. The van der Waals surface area contributed by atoms with Gasteiger partial charge in [0.2, 0.25) is 5.91 Å². The largest absolute Gasteiger partial charge is 0.491 e. The number of aryl methyl sites for hydroxylation is 1. The van der Waals surface area contributed by atoms with Gasteiger partial charge >= 0.3 is 0 Å². The number of carbonyl (C=O) groups excluding carboxylic acids is 1. The van der Waals surface area contributed by atoms with Gasteiger partial charge in [-0.1, -0.05) is 12.1 Å². The molecule has 19 heavy (non-hydrogen) atoms. The highest BCUT2D eigenvalue weighted by Gasteiger charge is 2.37. The van der Waals surface area contributed by atoms with Gasteiger partial charge in [-0.15, -0.1) is 0 Å². The van der Waals surface area contributed by atoms with E-state index in [0.29, 0.717) is 6.04 Å². The minimum absolute atomic E-state index is 0.253. The van der Waals surface area contributed by atoms with E-state index in [1.807, 2.05) is 32.0 Å². The monoisotopic (exact) mass is 262 g/mol. The van der Waals surface area contributed by atoms with Crippen LogP contribution in [0.2, 0.25) is 0 Å². The van der Waals surface area contributed by atoms with Gasteiger partial charge < -0.3 is 10.5 Å². The number of hydrogen-bond acceptors (Lipinski definition) is 3. The summed E-state index contributed by atoms with van der Waals surface area (Å²) in [6.45, 7) is 6.11. The number of hydrogen-bond donors (Lipinski definition) is 2. The lowest BCUT2D eigenvalue weighted by Gasteiger charge is -2.28. The second-order valence-corrected chi connectivity index (χ2v) is 5.60. The molecule has 2 rings (SSSR count). The van der Waals surface area contributed by atoms with Gasteiger partial charge in [0, 0.05) is 6.04 Å². The number of nitrogens with two attached hydrogens (primary N) is 1. The summed E-state index contributed by atoms with van der Waals surface area (Å²) in [6, 6.07) is 6.31. The maximum absolute atomic E-state index is 11.6. The van der Waals surface area contributed by atoms with E-state index in [1.54, 1.807) is 6.92 Å². The second-order valence-electron chi connectivity index (χ2n) is 5.60. The van der Waals surface area contributed by atoms with Gasteiger partial charge in [0.25, 0.3) is 0 Å². The first-order valence-corrected chi connectivity index (χ1v) is 6.69. The van der Waals surface area contributed by atoms with Crippen molar-refractivity contribution in [3.05, 3.63) is 29.3 Å².